The second-order valence-corrected chi connectivity index (χ2v) is 4.45. The number of benzene rings is 2. The summed E-state index contributed by atoms with van der Waals surface area (Å²) in [6.07, 6.45) is 1.59. The van der Waals surface area contributed by atoms with E-state index in [1.54, 1.807) is 18.3 Å². The molecule has 0 aliphatic carbocycles. The molecule has 0 saturated carbocycles. The highest BCUT2D eigenvalue weighted by molar-refractivity contribution is 5.99. The quantitative estimate of drug-likeness (QED) is 0.334. The Kier molecular flexibility index (Phi) is 3.39. The maximum atomic E-state index is 8.80. The van der Waals surface area contributed by atoms with Crippen LogP contribution in [0.2, 0.25) is 0 Å². The number of pyridine rings is 1. The lowest BCUT2D eigenvalue weighted by Crippen LogP contribution is -2.14. The lowest BCUT2D eigenvalue weighted by atomic mass is 10.1. The fourth-order valence-corrected chi connectivity index (χ4v) is 2.06. The van der Waals surface area contributed by atoms with Gasteiger partial charge in [-0.3, -0.25) is 0 Å². The molecule has 104 valence electrons. The van der Waals surface area contributed by atoms with Gasteiger partial charge in [-0.05, 0) is 35.0 Å². The summed E-state index contributed by atoms with van der Waals surface area (Å²) in [5.41, 5.74) is 6.06. The van der Waals surface area contributed by atoms with Gasteiger partial charge in [0.2, 0.25) is 5.88 Å². The van der Waals surface area contributed by atoms with Gasteiger partial charge in [-0.1, -0.05) is 35.5 Å². The molecule has 0 atom stereocenters. The Bertz CT molecular complexity index is 815. The van der Waals surface area contributed by atoms with Gasteiger partial charge < -0.3 is 15.7 Å². The van der Waals surface area contributed by atoms with Crippen LogP contribution in [0, 0.1) is 0 Å². The van der Waals surface area contributed by atoms with Gasteiger partial charge in [-0.15, -0.1) is 0 Å². The Morgan fingerprint density at radius 2 is 1.86 bits per heavy atom. The van der Waals surface area contributed by atoms with Crippen LogP contribution in [0.1, 0.15) is 5.56 Å². The van der Waals surface area contributed by atoms with Crippen molar-refractivity contribution >= 4 is 16.6 Å². The van der Waals surface area contributed by atoms with E-state index < -0.39 is 0 Å². The van der Waals surface area contributed by atoms with Crippen LogP contribution in [-0.2, 0) is 0 Å². The standard InChI is InChI=1S/C16H13N3O2/c17-15(19-20)14-6-3-9-18-16(14)21-13-8-7-11-4-1-2-5-12(11)10-13/h1-10,20H,(H2,17,19). The van der Waals surface area contributed by atoms with Crippen molar-refractivity contribution < 1.29 is 9.94 Å². The molecule has 0 aliphatic rings. The summed E-state index contributed by atoms with van der Waals surface area (Å²) in [5, 5.41) is 14.0. The third kappa shape index (κ3) is 2.62. The first-order valence-corrected chi connectivity index (χ1v) is 6.37. The van der Waals surface area contributed by atoms with E-state index in [0.717, 1.165) is 10.8 Å². The number of nitrogens with two attached hydrogens (primary N) is 1. The minimum atomic E-state index is -0.0427. The van der Waals surface area contributed by atoms with Crippen LogP contribution in [0.25, 0.3) is 10.8 Å². The number of nitrogens with zero attached hydrogens (tertiary/aromatic N) is 2. The summed E-state index contributed by atoms with van der Waals surface area (Å²) in [4.78, 5) is 4.13. The maximum absolute atomic E-state index is 8.80. The van der Waals surface area contributed by atoms with Gasteiger partial charge in [0.1, 0.15) is 5.75 Å². The average Bonchev–Trinajstić information content (AvgIpc) is 2.54. The number of hydrogen-bond acceptors (Lipinski definition) is 4. The van der Waals surface area contributed by atoms with E-state index in [-0.39, 0.29) is 5.84 Å². The largest absolute Gasteiger partial charge is 0.438 e. The zero-order chi connectivity index (χ0) is 14.7. The van der Waals surface area contributed by atoms with Crippen molar-refractivity contribution in [3.63, 3.8) is 0 Å². The second-order valence-electron chi connectivity index (χ2n) is 4.45. The molecular formula is C16H13N3O2. The zero-order valence-electron chi connectivity index (χ0n) is 11.1. The third-order valence-electron chi connectivity index (χ3n) is 3.09. The number of oxime groups is 1. The molecule has 0 radical (unpaired) electrons. The van der Waals surface area contributed by atoms with Crippen molar-refractivity contribution in [1.29, 1.82) is 0 Å². The third-order valence-corrected chi connectivity index (χ3v) is 3.09. The van der Waals surface area contributed by atoms with Crippen LogP contribution in [0.4, 0.5) is 0 Å². The Hall–Kier alpha value is -3.08. The predicted molar refractivity (Wildman–Crippen MR) is 80.8 cm³/mol. The lowest BCUT2D eigenvalue weighted by molar-refractivity contribution is 0.318. The molecular weight excluding hydrogens is 266 g/mol. The molecule has 0 fully saturated rings. The Balaban J connectivity index is 1.99. The zero-order valence-corrected chi connectivity index (χ0v) is 11.1. The number of rotatable bonds is 3. The molecule has 3 rings (SSSR count). The van der Waals surface area contributed by atoms with Crippen LogP contribution >= 0.6 is 0 Å². The lowest BCUT2D eigenvalue weighted by Gasteiger charge is -2.09. The highest BCUT2D eigenvalue weighted by Crippen LogP contribution is 2.26. The molecule has 3 N–H and O–H groups in total. The van der Waals surface area contributed by atoms with E-state index >= 15 is 0 Å². The minimum Gasteiger partial charge on any atom is -0.438 e. The van der Waals surface area contributed by atoms with Crippen LogP contribution in [0.3, 0.4) is 0 Å². The predicted octanol–water partition coefficient (Wildman–Crippen LogP) is 3.12. The smallest absolute Gasteiger partial charge is 0.230 e. The van der Waals surface area contributed by atoms with Gasteiger partial charge in [0.25, 0.3) is 0 Å². The molecule has 21 heavy (non-hydrogen) atoms. The van der Waals surface area contributed by atoms with E-state index in [1.165, 1.54) is 0 Å². The Morgan fingerprint density at radius 3 is 2.67 bits per heavy atom. The van der Waals surface area contributed by atoms with Gasteiger partial charge in [-0.25, -0.2) is 4.98 Å². The van der Waals surface area contributed by atoms with Crippen LogP contribution < -0.4 is 10.5 Å². The van der Waals surface area contributed by atoms with E-state index in [9.17, 15) is 0 Å². The summed E-state index contributed by atoms with van der Waals surface area (Å²) in [6.45, 7) is 0. The van der Waals surface area contributed by atoms with Crippen LogP contribution in [0.15, 0.2) is 65.9 Å². The Labute approximate surface area is 121 Å². The van der Waals surface area contributed by atoms with Crippen molar-refractivity contribution in [3.8, 4) is 11.6 Å². The molecule has 0 amide bonds. The van der Waals surface area contributed by atoms with Gasteiger partial charge >= 0.3 is 0 Å². The average molecular weight is 279 g/mol. The fraction of sp³-hybridized carbons (Fsp3) is 0. The van der Waals surface area contributed by atoms with E-state index in [2.05, 4.69) is 10.1 Å². The molecule has 0 aliphatic heterocycles. The Morgan fingerprint density at radius 1 is 1.05 bits per heavy atom. The van der Waals surface area contributed by atoms with Gasteiger partial charge in [0, 0.05) is 6.20 Å². The molecule has 5 nitrogen and oxygen atoms in total. The first-order valence-electron chi connectivity index (χ1n) is 6.37. The van der Waals surface area contributed by atoms with Gasteiger partial charge in [0.05, 0.1) is 5.56 Å². The second kappa shape index (κ2) is 5.50. The highest BCUT2D eigenvalue weighted by Gasteiger charge is 2.10. The van der Waals surface area contributed by atoms with E-state index in [1.807, 2.05) is 42.5 Å². The molecule has 1 heterocycles. The summed E-state index contributed by atoms with van der Waals surface area (Å²) < 4.78 is 5.76. The molecule has 3 aromatic rings. The summed E-state index contributed by atoms with van der Waals surface area (Å²) >= 11 is 0. The van der Waals surface area contributed by atoms with Crippen molar-refractivity contribution in [3.05, 3.63) is 66.4 Å². The molecule has 0 unspecified atom stereocenters. The van der Waals surface area contributed by atoms with E-state index in [4.69, 9.17) is 15.7 Å². The molecule has 5 heteroatoms. The molecule has 0 bridgehead atoms. The molecule has 0 saturated heterocycles. The number of amidine groups is 1. The van der Waals surface area contributed by atoms with Crippen molar-refractivity contribution in [2.75, 3.05) is 0 Å². The summed E-state index contributed by atoms with van der Waals surface area (Å²) in [7, 11) is 0. The topological polar surface area (TPSA) is 80.7 Å². The van der Waals surface area contributed by atoms with Crippen LogP contribution in [0.5, 0.6) is 11.6 Å². The highest BCUT2D eigenvalue weighted by atomic mass is 16.5. The van der Waals surface area contributed by atoms with Crippen molar-refractivity contribution in [1.82, 2.24) is 4.98 Å². The number of aromatic nitrogens is 1. The fourth-order valence-electron chi connectivity index (χ4n) is 2.06. The molecule has 2 aromatic carbocycles. The molecule has 0 spiro atoms. The first-order chi connectivity index (χ1) is 10.3. The normalized spacial score (nSPS) is 11.5. The maximum Gasteiger partial charge on any atom is 0.230 e. The monoisotopic (exact) mass is 279 g/mol. The molecule has 1 aromatic heterocycles. The number of fused-ring (bicyclic) bond motifs is 1. The number of hydrogen-bond donors (Lipinski definition) is 2. The summed E-state index contributed by atoms with van der Waals surface area (Å²) in [6, 6.07) is 17.1. The van der Waals surface area contributed by atoms with Crippen LogP contribution in [-0.4, -0.2) is 16.0 Å². The van der Waals surface area contributed by atoms with Crippen molar-refractivity contribution in [2.45, 2.75) is 0 Å². The minimum absolute atomic E-state index is 0.0427. The summed E-state index contributed by atoms with van der Waals surface area (Å²) in [5.74, 6) is 0.890. The van der Waals surface area contributed by atoms with E-state index in [0.29, 0.717) is 17.2 Å². The van der Waals surface area contributed by atoms with Gasteiger partial charge in [-0.2, -0.15) is 0 Å². The number of ether oxygens (including phenoxy) is 1. The SMILES string of the molecule is N/C(=N/O)c1cccnc1Oc1ccc2ccccc2c1. The first kappa shape index (κ1) is 12.9. The van der Waals surface area contributed by atoms with Crippen molar-refractivity contribution in [2.24, 2.45) is 10.9 Å². The van der Waals surface area contributed by atoms with Gasteiger partial charge in [0.15, 0.2) is 5.84 Å².